The van der Waals surface area contributed by atoms with Gasteiger partial charge in [-0.15, -0.1) is 0 Å². The molecule has 1 atom stereocenters. The molecule has 0 fully saturated rings. The second kappa shape index (κ2) is 5.64. The lowest BCUT2D eigenvalue weighted by Crippen LogP contribution is -2.42. The van der Waals surface area contributed by atoms with Crippen LogP contribution in [0.2, 0.25) is 0 Å². The molecule has 0 saturated heterocycles. The topological polar surface area (TPSA) is 89.3 Å². The lowest BCUT2D eigenvalue weighted by molar-refractivity contribution is -0.137. The maximum absolute atomic E-state index is 13.3. The second-order valence-electron chi connectivity index (χ2n) is 5.24. The molecular weight excluding hydrogens is 319 g/mol. The molecule has 5 nitrogen and oxygen atoms in total. The van der Waals surface area contributed by atoms with E-state index in [0.717, 1.165) is 6.07 Å². The number of pyridine rings is 1. The Labute approximate surface area is 135 Å². The number of benzene rings is 1. The molecule has 5 N–H and O–H groups in total. The van der Waals surface area contributed by atoms with Crippen LogP contribution in [0.5, 0.6) is 0 Å². The molecule has 3 rings (SSSR count). The molecular formula is C16H14F3N5. The summed E-state index contributed by atoms with van der Waals surface area (Å²) in [5.74, 6) is 0.0758. The molecule has 1 aliphatic rings. The van der Waals surface area contributed by atoms with Gasteiger partial charge in [0.25, 0.3) is 0 Å². The van der Waals surface area contributed by atoms with Gasteiger partial charge in [-0.1, -0.05) is 24.3 Å². The van der Waals surface area contributed by atoms with E-state index in [4.69, 9.17) is 11.5 Å². The van der Waals surface area contributed by atoms with Crippen LogP contribution in [0, 0.1) is 0 Å². The third-order valence-corrected chi connectivity index (χ3v) is 3.60. The number of halogens is 3. The molecule has 1 aromatic heterocycles. The molecule has 0 radical (unpaired) electrons. The van der Waals surface area contributed by atoms with Gasteiger partial charge in [-0.05, 0) is 18.2 Å². The summed E-state index contributed by atoms with van der Waals surface area (Å²) >= 11 is 0. The Morgan fingerprint density at radius 3 is 2.54 bits per heavy atom. The molecule has 24 heavy (non-hydrogen) atoms. The van der Waals surface area contributed by atoms with Crippen molar-refractivity contribution >= 4 is 5.96 Å². The highest BCUT2D eigenvalue weighted by Gasteiger charge is 2.36. The number of nitrogens with zero attached hydrogens (tertiary/aromatic N) is 2. The molecule has 0 saturated carbocycles. The SMILES string of the molecule is NC1=NC(N)(c2ccccc2-c2ncccc2C(F)(F)F)C=CN1. The third-order valence-electron chi connectivity index (χ3n) is 3.60. The Kier molecular flexibility index (Phi) is 3.76. The molecule has 2 aromatic rings. The lowest BCUT2D eigenvalue weighted by atomic mass is 9.91. The summed E-state index contributed by atoms with van der Waals surface area (Å²) in [4.78, 5) is 8.05. The van der Waals surface area contributed by atoms with Gasteiger partial charge in [0.2, 0.25) is 0 Å². The molecule has 0 amide bonds. The Morgan fingerprint density at radius 2 is 1.83 bits per heavy atom. The first-order chi connectivity index (χ1) is 11.3. The number of nitrogens with two attached hydrogens (primary N) is 2. The van der Waals surface area contributed by atoms with E-state index < -0.39 is 17.4 Å². The zero-order chi connectivity index (χ0) is 17.4. The largest absolute Gasteiger partial charge is 0.418 e. The van der Waals surface area contributed by atoms with Crippen LogP contribution in [-0.4, -0.2) is 10.9 Å². The fourth-order valence-corrected chi connectivity index (χ4v) is 2.56. The fourth-order valence-electron chi connectivity index (χ4n) is 2.56. The van der Waals surface area contributed by atoms with Crippen LogP contribution in [0.3, 0.4) is 0 Å². The third kappa shape index (κ3) is 2.83. The molecule has 0 bridgehead atoms. The van der Waals surface area contributed by atoms with Crippen LogP contribution in [0.1, 0.15) is 11.1 Å². The van der Waals surface area contributed by atoms with Crippen LogP contribution in [0.15, 0.2) is 59.9 Å². The van der Waals surface area contributed by atoms with Gasteiger partial charge in [-0.25, -0.2) is 4.99 Å². The summed E-state index contributed by atoms with van der Waals surface area (Å²) in [6.45, 7) is 0. The summed E-state index contributed by atoms with van der Waals surface area (Å²) in [6.07, 6.45) is -0.203. The van der Waals surface area contributed by atoms with Crippen molar-refractivity contribution in [1.29, 1.82) is 0 Å². The van der Waals surface area contributed by atoms with E-state index in [0.29, 0.717) is 5.56 Å². The number of hydrogen-bond acceptors (Lipinski definition) is 5. The number of aromatic nitrogens is 1. The van der Waals surface area contributed by atoms with Gasteiger partial charge in [0.15, 0.2) is 11.6 Å². The highest BCUT2D eigenvalue weighted by Crippen LogP contribution is 2.39. The zero-order valence-electron chi connectivity index (χ0n) is 12.4. The Balaban J connectivity index is 2.23. The molecule has 124 valence electrons. The predicted molar refractivity (Wildman–Crippen MR) is 84.4 cm³/mol. The van der Waals surface area contributed by atoms with Crippen LogP contribution in [0.4, 0.5) is 13.2 Å². The van der Waals surface area contributed by atoms with Crippen molar-refractivity contribution in [2.75, 3.05) is 0 Å². The predicted octanol–water partition coefficient (Wildman–Crippen LogP) is 2.31. The van der Waals surface area contributed by atoms with Gasteiger partial charge in [0.05, 0.1) is 11.3 Å². The molecule has 0 aliphatic carbocycles. The smallest absolute Gasteiger partial charge is 0.370 e. The highest BCUT2D eigenvalue weighted by molar-refractivity contribution is 5.81. The van der Waals surface area contributed by atoms with E-state index in [1.54, 1.807) is 18.2 Å². The van der Waals surface area contributed by atoms with Gasteiger partial charge in [-0.2, -0.15) is 13.2 Å². The first kappa shape index (κ1) is 16.0. The monoisotopic (exact) mass is 333 g/mol. The van der Waals surface area contributed by atoms with Gasteiger partial charge in [0.1, 0.15) is 0 Å². The van der Waals surface area contributed by atoms with Crippen molar-refractivity contribution in [3.63, 3.8) is 0 Å². The standard InChI is InChI=1S/C16H14F3N5/c17-16(18,19)12-6-3-8-22-13(12)10-4-1-2-5-11(10)15(21)7-9-23-14(20)24-15/h1-9H,21H2,(H3,20,23,24). The first-order valence-electron chi connectivity index (χ1n) is 7.02. The first-order valence-corrected chi connectivity index (χ1v) is 7.02. The minimum Gasteiger partial charge on any atom is -0.370 e. The normalized spacial score (nSPS) is 20.4. The van der Waals surface area contributed by atoms with Crippen LogP contribution >= 0.6 is 0 Å². The van der Waals surface area contributed by atoms with E-state index in [1.165, 1.54) is 30.6 Å². The Hall–Kier alpha value is -2.87. The summed E-state index contributed by atoms with van der Waals surface area (Å²) in [6, 6.07) is 8.66. The number of rotatable bonds is 2. The van der Waals surface area contributed by atoms with Crippen molar-refractivity contribution in [2.45, 2.75) is 11.8 Å². The number of nitrogens with one attached hydrogen (secondary N) is 1. The zero-order valence-corrected chi connectivity index (χ0v) is 12.4. The van der Waals surface area contributed by atoms with Crippen molar-refractivity contribution in [3.05, 3.63) is 66.0 Å². The molecule has 1 aliphatic heterocycles. The fraction of sp³-hybridized carbons (Fsp3) is 0.125. The lowest BCUT2D eigenvalue weighted by Gasteiger charge is -2.28. The number of alkyl halides is 3. The maximum atomic E-state index is 13.3. The molecule has 2 heterocycles. The maximum Gasteiger partial charge on any atom is 0.418 e. The van der Waals surface area contributed by atoms with Crippen molar-refractivity contribution in [1.82, 2.24) is 10.3 Å². The Morgan fingerprint density at radius 1 is 1.08 bits per heavy atom. The van der Waals surface area contributed by atoms with E-state index in [9.17, 15) is 13.2 Å². The van der Waals surface area contributed by atoms with Gasteiger partial charge in [-0.3, -0.25) is 10.7 Å². The van der Waals surface area contributed by atoms with Gasteiger partial charge in [0, 0.05) is 23.5 Å². The van der Waals surface area contributed by atoms with E-state index in [1.807, 2.05) is 0 Å². The van der Waals surface area contributed by atoms with E-state index in [-0.39, 0.29) is 17.2 Å². The number of guanidine groups is 1. The molecule has 0 spiro atoms. The quantitative estimate of drug-likeness (QED) is 0.787. The van der Waals surface area contributed by atoms with Gasteiger partial charge >= 0.3 is 6.18 Å². The summed E-state index contributed by atoms with van der Waals surface area (Å²) < 4.78 is 40.0. The molecule has 8 heteroatoms. The van der Waals surface area contributed by atoms with E-state index in [2.05, 4.69) is 15.3 Å². The van der Waals surface area contributed by atoms with Crippen molar-refractivity contribution < 1.29 is 13.2 Å². The van der Waals surface area contributed by atoms with E-state index >= 15 is 0 Å². The highest BCUT2D eigenvalue weighted by atomic mass is 19.4. The average Bonchev–Trinajstić information content (AvgIpc) is 2.54. The van der Waals surface area contributed by atoms with Crippen LogP contribution in [-0.2, 0) is 11.8 Å². The summed E-state index contributed by atoms with van der Waals surface area (Å²) in [5.41, 5.74) is 10.1. The number of aliphatic imine (C=N–C) groups is 1. The summed E-state index contributed by atoms with van der Waals surface area (Å²) in [5, 5.41) is 2.67. The van der Waals surface area contributed by atoms with Gasteiger partial charge < -0.3 is 11.1 Å². The minimum absolute atomic E-state index is 0.0758. The average molecular weight is 333 g/mol. The summed E-state index contributed by atoms with van der Waals surface area (Å²) in [7, 11) is 0. The van der Waals surface area contributed by atoms with Crippen LogP contribution in [0.25, 0.3) is 11.3 Å². The van der Waals surface area contributed by atoms with Crippen molar-refractivity contribution in [3.8, 4) is 11.3 Å². The second-order valence-corrected chi connectivity index (χ2v) is 5.24. The Bertz CT molecular complexity index is 828. The number of hydrogen-bond donors (Lipinski definition) is 3. The molecule has 1 unspecified atom stereocenters. The van der Waals surface area contributed by atoms with Crippen molar-refractivity contribution in [2.24, 2.45) is 16.5 Å². The van der Waals surface area contributed by atoms with Crippen LogP contribution < -0.4 is 16.8 Å². The molecule has 1 aromatic carbocycles. The minimum atomic E-state index is -4.54.